The number of Topliss-reactive ketones (excluding diaryl/α,β-unsaturated/α-hetero) is 1. The average molecular weight is 486 g/mol. The van der Waals surface area contributed by atoms with E-state index in [-0.39, 0.29) is 11.3 Å². The molecule has 2 aromatic heterocycles. The van der Waals surface area contributed by atoms with Crippen LogP contribution in [0.2, 0.25) is 5.02 Å². The molecule has 5 rings (SSSR count). The third kappa shape index (κ3) is 4.00. The number of aliphatic hydroxyl groups excluding tert-OH is 1. The van der Waals surface area contributed by atoms with Gasteiger partial charge in [0.05, 0.1) is 17.3 Å². The van der Waals surface area contributed by atoms with Crippen LogP contribution in [0.3, 0.4) is 0 Å². The first-order chi connectivity index (χ1) is 16.9. The zero-order valence-corrected chi connectivity index (χ0v) is 20.2. The summed E-state index contributed by atoms with van der Waals surface area (Å²) in [5.74, 6) is -1.63. The summed E-state index contributed by atoms with van der Waals surface area (Å²) in [7, 11) is 0. The molecule has 1 aliphatic heterocycles. The van der Waals surface area contributed by atoms with Crippen molar-refractivity contribution in [1.82, 2.24) is 14.3 Å². The number of ketones is 1. The number of benzene rings is 2. The number of likely N-dealkylation sites (tertiary alicyclic amines) is 1. The minimum atomic E-state index is -0.749. The van der Waals surface area contributed by atoms with Gasteiger partial charge in [0.1, 0.15) is 11.3 Å². The largest absolute Gasteiger partial charge is 0.505 e. The van der Waals surface area contributed by atoms with Crippen molar-refractivity contribution in [3.05, 3.63) is 112 Å². The third-order valence-corrected chi connectivity index (χ3v) is 6.77. The standard InChI is InChI=1S/C28H24ClN3O3/c1-17-7-6-15-31-18(2)23(30-27(17)31)25(33)22-24(20-10-12-21(29)13-11-20)32(28(35)26(22)34)16-14-19-8-4-3-5-9-19/h3-13,15,24,33H,14,16H2,1-2H3. The quantitative estimate of drug-likeness (QED) is 0.237. The summed E-state index contributed by atoms with van der Waals surface area (Å²) in [5.41, 5.74) is 4.39. The van der Waals surface area contributed by atoms with Gasteiger partial charge in [-0.1, -0.05) is 60.1 Å². The summed E-state index contributed by atoms with van der Waals surface area (Å²) < 4.78 is 1.87. The summed E-state index contributed by atoms with van der Waals surface area (Å²) in [5, 5.41) is 12.0. The van der Waals surface area contributed by atoms with E-state index >= 15 is 0 Å². The molecule has 35 heavy (non-hydrogen) atoms. The maximum atomic E-state index is 13.3. The number of carbonyl (C=O) groups is 2. The van der Waals surface area contributed by atoms with Crippen molar-refractivity contribution in [2.75, 3.05) is 6.54 Å². The van der Waals surface area contributed by atoms with Crippen LogP contribution in [-0.4, -0.2) is 37.6 Å². The van der Waals surface area contributed by atoms with Crippen LogP contribution in [0.5, 0.6) is 0 Å². The van der Waals surface area contributed by atoms with E-state index < -0.39 is 17.7 Å². The van der Waals surface area contributed by atoms with Gasteiger partial charge in [-0.15, -0.1) is 0 Å². The maximum Gasteiger partial charge on any atom is 0.295 e. The van der Waals surface area contributed by atoms with E-state index in [4.69, 9.17) is 11.6 Å². The Morgan fingerprint density at radius 1 is 1.00 bits per heavy atom. The van der Waals surface area contributed by atoms with E-state index in [1.807, 2.05) is 66.9 Å². The fraction of sp³-hybridized carbons (Fsp3) is 0.179. The van der Waals surface area contributed by atoms with Gasteiger partial charge in [-0.05, 0) is 55.2 Å². The summed E-state index contributed by atoms with van der Waals surface area (Å²) in [6, 6.07) is 19.9. The van der Waals surface area contributed by atoms with E-state index in [1.54, 1.807) is 24.3 Å². The van der Waals surface area contributed by atoms with Gasteiger partial charge in [0.2, 0.25) is 0 Å². The number of rotatable bonds is 5. The number of carbonyl (C=O) groups excluding carboxylic acids is 2. The highest BCUT2D eigenvalue weighted by Crippen LogP contribution is 2.40. The summed E-state index contributed by atoms with van der Waals surface area (Å²) in [4.78, 5) is 32.7. The number of nitrogens with zero attached hydrogens (tertiary/aromatic N) is 3. The second-order valence-corrected chi connectivity index (χ2v) is 9.15. The van der Waals surface area contributed by atoms with Crippen molar-refractivity contribution < 1.29 is 14.7 Å². The highest BCUT2D eigenvalue weighted by molar-refractivity contribution is 6.46. The van der Waals surface area contributed by atoms with Crippen molar-refractivity contribution in [1.29, 1.82) is 0 Å². The lowest BCUT2D eigenvalue weighted by Crippen LogP contribution is -2.31. The van der Waals surface area contributed by atoms with E-state index in [0.717, 1.165) is 11.1 Å². The van der Waals surface area contributed by atoms with Crippen LogP contribution >= 0.6 is 11.6 Å². The molecular weight excluding hydrogens is 462 g/mol. The van der Waals surface area contributed by atoms with Gasteiger partial charge in [0.15, 0.2) is 5.76 Å². The minimum absolute atomic E-state index is 0.0366. The minimum Gasteiger partial charge on any atom is -0.505 e. The molecule has 1 N–H and O–H groups in total. The van der Waals surface area contributed by atoms with Gasteiger partial charge in [0, 0.05) is 17.8 Å². The summed E-state index contributed by atoms with van der Waals surface area (Å²) in [6.07, 6.45) is 2.43. The van der Waals surface area contributed by atoms with Crippen LogP contribution in [-0.2, 0) is 16.0 Å². The first-order valence-electron chi connectivity index (χ1n) is 11.4. The zero-order chi connectivity index (χ0) is 24.7. The van der Waals surface area contributed by atoms with Crippen LogP contribution in [0, 0.1) is 13.8 Å². The molecule has 0 aliphatic carbocycles. The molecule has 0 radical (unpaired) electrons. The van der Waals surface area contributed by atoms with Crippen LogP contribution in [0.15, 0.2) is 78.5 Å². The molecule has 0 saturated carbocycles. The van der Waals surface area contributed by atoms with E-state index in [2.05, 4.69) is 4.98 Å². The van der Waals surface area contributed by atoms with Crippen LogP contribution < -0.4 is 0 Å². The number of hydrogen-bond acceptors (Lipinski definition) is 4. The lowest BCUT2D eigenvalue weighted by atomic mass is 9.96. The van der Waals surface area contributed by atoms with E-state index in [9.17, 15) is 14.7 Å². The normalized spacial score (nSPS) is 17.5. The molecular formula is C28H24ClN3O3. The van der Waals surface area contributed by atoms with Crippen molar-refractivity contribution >= 4 is 34.7 Å². The molecule has 7 heteroatoms. The number of fused-ring (bicyclic) bond motifs is 1. The molecule has 0 spiro atoms. The van der Waals surface area contributed by atoms with Gasteiger partial charge in [-0.2, -0.15) is 0 Å². The number of aryl methyl sites for hydroxylation is 2. The smallest absolute Gasteiger partial charge is 0.295 e. The first kappa shape index (κ1) is 22.9. The van der Waals surface area contributed by atoms with Crippen LogP contribution in [0.4, 0.5) is 0 Å². The second-order valence-electron chi connectivity index (χ2n) is 8.71. The van der Waals surface area contributed by atoms with Crippen molar-refractivity contribution in [2.45, 2.75) is 26.3 Å². The molecule has 1 saturated heterocycles. The van der Waals surface area contributed by atoms with Gasteiger partial charge in [-0.3, -0.25) is 9.59 Å². The van der Waals surface area contributed by atoms with Crippen molar-refractivity contribution in [3.63, 3.8) is 0 Å². The Kier molecular flexibility index (Phi) is 5.91. The number of hydrogen-bond donors (Lipinski definition) is 1. The number of imidazole rings is 1. The number of amides is 1. The molecule has 3 heterocycles. The Hall–Kier alpha value is -3.90. The SMILES string of the molecule is Cc1cccn2c(C)c(C(O)=C3C(=O)C(=O)N(CCc4ccccc4)C3c3ccc(Cl)cc3)nc12. The van der Waals surface area contributed by atoms with E-state index in [1.165, 1.54) is 4.90 Å². The lowest BCUT2D eigenvalue weighted by molar-refractivity contribution is -0.139. The van der Waals surface area contributed by atoms with Gasteiger partial charge in [-0.25, -0.2) is 4.98 Å². The number of aliphatic hydroxyl groups is 1. The molecule has 4 aromatic rings. The number of pyridine rings is 1. The summed E-state index contributed by atoms with van der Waals surface area (Å²) in [6.45, 7) is 4.08. The average Bonchev–Trinajstić information content (AvgIpc) is 3.33. The summed E-state index contributed by atoms with van der Waals surface area (Å²) >= 11 is 6.11. The molecule has 2 aromatic carbocycles. The molecule has 1 amide bonds. The first-order valence-corrected chi connectivity index (χ1v) is 11.8. The van der Waals surface area contributed by atoms with Gasteiger partial charge in [0.25, 0.3) is 11.7 Å². The Balaban J connectivity index is 1.64. The fourth-order valence-electron chi connectivity index (χ4n) is 4.67. The third-order valence-electron chi connectivity index (χ3n) is 6.52. The van der Waals surface area contributed by atoms with Gasteiger partial charge < -0.3 is 14.4 Å². The molecule has 0 bridgehead atoms. The van der Waals surface area contributed by atoms with E-state index in [0.29, 0.717) is 40.6 Å². The molecule has 1 fully saturated rings. The zero-order valence-electron chi connectivity index (χ0n) is 19.4. The molecule has 1 aliphatic rings. The second kappa shape index (κ2) is 9.04. The Morgan fingerprint density at radius 3 is 2.40 bits per heavy atom. The Morgan fingerprint density at radius 2 is 1.71 bits per heavy atom. The molecule has 176 valence electrons. The molecule has 1 atom stereocenters. The van der Waals surface area contributed by atoms with Gasteiger partial charge >= 0.3 is 0 Å². The van der Waals surface area contributed by atoms with Crippen LogP contribution in [0.25, 0.3) is 11.4 Å². The topological polar surface area (TPSA) is 74.9 Å². The number of halogens is 1. The van der Waals surface area contributed by atoms with Crippen molar-refractivity contribution in [3.8, 4) is 0 Å². The monoisotopic (exact) mass is 485 g/mol. The number of aromatic nitrogens is 2. The molecule has 6 nitrogen and oxygen atoms in total. The highest BCUT2D eigenvalue weighted by atomic mass is 35.5. The Labute approximate surface area is 208 Å². The Bertz CT molecular complexity index is 1470. The van der Waals surface area contributed by atoms with Crippen LogP contribution in [0.1, 0.15) is 34.1 Å². The molecule has 1 unspecified atom stereocenters. The fourth-order valence-corrected chi connectivity index (χ4v) is 4.80. The lowest BCUT2D eigenvalue weighted by Gasteiger charge is -2.25. The maximum absolute atomic E-state index is 13.3. The predicted molar refractivity (Wildman–Crippen MR) is 135 cm³/mol. The highest BCUT2D eigenvalue weighted by Gasteiger charge is 2.46. The predicted octanol–water partition coefficient (Wildman–Crippen LogP) is 5.27. The van der Waals surface area contributed by atoms with Crippen molar-refractivity contribution in [2.24, 2.45) is 0 Å².